The van der Waals surface area contributed by atoms with Gasteiger partial charge in [-0.15, -0.1) is 0 Å². The minimum atomic E-state index is -0.336. The molecule has 0 spiro atoms. The Bertz CT molecular complexity index is 1540. The van der Waals surface area contributed by atoms with Crippen molar-refractivity contribution in [3.8, 4) is 0 Å². The number of allylic oxidation sites excluding steroid dienone is 8. The van der Waals surface area contributed by atoms with Crippen LogP contribution in [-0.2, 0) is 4.79 Å². The summed E-state index contributed by atoms with van der Waals surface area (Å²) in [5.74, 6) is -0.453. The first-order valence-electron chi connectivity index (χ1n) is 12.6. The second kappa shape index (κ2) is 10.6. The van der Waals surface area contributed by atoms with Crippen molar-refractivity contribution in [1.29, 1.82) is 0 Å². The third-order valence-electron chi connectivity index (χ3n) is 7.08. The van der Waals surface area contributed by atoms with Crippen LogP contribution in [0.5, 0.6) is 0 Å². The van der Waals surface area contributed by atoms with Crippen molar-refractivity contribution in [2.75, 3.05) is 7.05 Å². The maximum absolute atomic E-state index is 13.9. The Hall–Kier alpha value is -4.32. The lowest BCUT2D eigenvalue weighted by atomic mass is 9.90. The molecule has 6 heteroatoms. The van der Waals surface area contributed by atoms with E-state index in [1.807, 2.05) is 55.1 Å². The van der Waals surface area contributed by atoms with Crippen LogP contribution in [0.4, 0.5) is 8.78 Å². The number of aromatic nitrogens is 2. The predicted octanol–water partition coefficient (Wildman–Crippen LogP) is 7.37. The first-order valence-corrected chi connectivity index (χ1v) is 12.6. The molecule has 1 atom stereocenters. The highest BCUT2D eigenvalue weighted by Crippen LogP contribution is 2.36. The summed E-state index contributed by atoms with van der Waals surface area (Å²) < 4.78 is 29.7. The summed E-state index contributed by atoms with van der Waals surface area (Å²) in [6.45, 7) is 6.08. The van der Waals surface area contributed by atoms with Crippen LogP contribution < -0.4 is 0 Å². The standard InChI is InChI=1S/C32H29F2N3O/c1-21(23-7-4-9-25(33)17-23)15-27(16-22(2)24-8-5-10-26(34)18-24)37-19-29(35-20-37)31-14-13-28-30(36(31)3)11-6-12-32(28)38/h4-5,7-10,13-20,31H,1,6,11-12H2,2-3H3/b22-16+,27-15+. The second-order valence-corrected chi connectivity index (χ2v) is 9.70. The van der Waals surface area contributed by atoms with Gasteiger partial charge in [-0.3, -0.25) is 4.79 Å². The summed E-state index contributed by atoms with van der Waals surface area (Å²) in [5.41, 5.74) is 6.32. The van der Waals surface area contributed by atoms with E-state index in [1.54, 1.807) is 24.5 Å². The number of ketones is 1. The molecule has 0 saturated heterocycles. The van der Waals surface area contributed by atoms with Crippen LogP contribution in [0.25, 0.3) is 16.8 Å². The number of benzene rings is 2. The van der Waals surface area contributed by atoms with Crippen molar-refractivity contribution >= 4 is 22.6 Å². The third-order valence-corrected chi connectivity index (χ3v) is 7.08. The van der Waals surface area contributed by atoms with Gasteiger partial charge in [0.05, 0.1) is 18.1 Å². The molecule has 0 fully saturated rings. The van der Waals surface area contributed by atoms with Gasteiger partial charge in [-0.25, -0.2) is 13.8 Å². The zero-order valence-electron chi connectivity index (χ0n) is 21.5. The van der Waals surface area contributed by atoms with E-state index < -0.39 is 0 Å². The monoisotopic (exact) mass is 509 g/mol. The summed E-state index contributed by atoms with van der Waals surface area (Å²) in [6, 6.07) is 12.6. The Morgan fingerprint density at radius 3 is 2.50 bits per heavy atom. The average molecular weight is 510 g/mol. The zero-order valence-corrected chi connectivity index (χ0v) is 21.5. The highest BCUT2D eigenvalue weighted by molar-refractivity contribution is 5.99. The summed E-state index contributed by atoms with van der Waals surface area (Å²) in [5, 5.41) is 0. The molecule has 2 aliphatic rings. The number of carbonyl (C=O) groups excluding carboxylic acids is 1. The van der Waals surface area contributed by atoms with E-state index in [1.165, 1.54) is 24.3 Å². The number of hydrogen-bond acceptors (Lipinski definition) is 3. The largest absolute Gasteiger partial charge is 0.365 e. The Balaban J connectivity index is 1.51. The van der Waals surface area contributed by atoms with Gasteiger partial charge in [0.25, 0.3) is 0 Å². The highest BCUT2D eigenvalue weighted by atomic mass is 19.1. The van der Waals surface area contributed by atoms with Crippen LogP contribution in [0.3, 0.4) is 0 Å². The Morgan fingerprint density at radius 2 is 1.76 bits per heavy atom. The van der Waals surface area contributed by atoms with Crippen molar-refractivity contribution in [1.82, 2.24) is 14.5 Å². The fourth-order valence-corrected chi connectivity index (χ4v) is 5.00. The predicted molar refractivity (Wildman–Crippen MR) is 148 cm³/mol. The van der Waals surface area contributed by atoms with Crippen molar-refractivity contribution < 1.29 is 13.6 Å². The summed E-state index contributed by atoms with van der Waals surface area (Å²) >= 11 is 0. The molecule has 38 heavy (non-hydrogen) atoms. The lowest BCUT2D eigenvalue weighted by Crippen LogP contribution is -2.30. The fraction of sp³-hybridized carbons (Fsp3) is 0.188. The van der Waals surface area contributed by atoms with E-state index in [0.29, 0.717) is 17.6 Å². The van der Waals surface area contributed by atoms with Crippen LogP contribution in [-0.4, -0.2) is 27.3 Å². The van der Waals surface area contributed by atoms with E-state index in [9.17, 15) is 13.6 Å². The van der Waals surface area contributed by atoms with Gasteiger partial charge < -0.3 is 9.47 Å². The minimum absolute atomic E-state index is 0.109. The molecule has 1 aromatic heterocycles. The number of likely N-dealkylation sites (N-methyl/N-ethyl adjacent to an activating group) is 1. The Labute approximate surface area is 221 Å². The van der Waals surface area contributed by atoms with Crippen molar-refractivity contribution in [3.63, 3.8) is 0 Å². The molecule has 0 saturated carbocycles. The number of Topliss-reactive ketones (excluding diaryl/α,β-unsaturated/α-hetero) is 1. The van der Waals surface area contributed by atoms with Crippen LogP contribution in [0.1, 0.15) is 49.0 Å². The lowest BCUT2D eigenvalue weighted by Gasteiger charge is -2.35. The van der Waals surface area contributed by atoms with Gasteiger partial charge in [-0.05, 0) is 78.5 Å². The van der Waals surface area contributed by atoms with Gasteiger partial charge in [0.15, 0.2) is 5.78 Å². The summed E-state index contributed by atoms with van der Waals surface area (Å²) in [6.07, 6.45) is 13.7. The third kappa shape index (κ3) is 5.21. The number of carbonyl (C=O) groups is 1. The first-order chi connectivity index (χ1) is 18.3. The molecule has 1 aliphatic heterocycles. The maximum Gasteiger partial charge on any atom is 0.164 e. The lowest BCUT2D eigenvalue weighted by molar-refractivity contribution is -0.116. The second-order valence-electron chi connectivity index (χ2n) is 9.70. The summed E-state index contributed by atoms with van der Waals surface area (Å²) in [4.78, 5) is 19.2. The van der Waals surface area contributed by atoms with E-state index in [-0.39, 0.29) is 23.5 Å². The molecule has 0 bridgehead atoms. The molecule has 0 N–H and O–H groups in total. The van der Waals surface area contributed by atoms with Gasteiger partial charge in [0.1, 0.15) is 11.6 Å². The molecule has 1 aliphatic carbocycles. The zero-order chi connectivity index (χ0) is 26.8. The number of halogens is 2. The van der Waals surface area contributed by atoms with Gasteiger partial charge in [0.2, 0.25) is 0 Å². The molecule has 2 aromatic carbocycles. The smallest absolute Gasteiger partial charge is 0.164 e. The van der Waals surface area contributed by atoms with Crippen molar-refractivity contribution in [2.24, 2.45) is 0 Å². The van der Waals surface area contributed by atoms with Crippen LogP contribution in [0.2, 0.25) is 0 Å². The van der Waals surface area contributed by atoms with Crippen LogP contribution >= 0.6 is 0 Å². The molecule has 3 aromatic rings. The van der Waals surface area contributed by atoms with Crippen molar-refractivity contribution in [2.45, 2.75) is 32.2 Å². The molecule has 0 amide bonds. The van der Waals surface area contributed by atoms with E-state index >= 15 is 0 Å². The molecule has 4 nitrogen and oxygen atoms in total. The average Bonchev–Trinajstić information content (AvgIpc) is 3.39. The molecular weight excluding hydrogens is 480 g/mol. The topological polar surface area (TPSA) is 38.1 Å². The number of hydrogen-bond donors (Lipinski definition) is 0. The maximum atomic E-state index is 13.9. The van der Waals surface area contributed by atoms with Crippen molar-refractivity contribution in [3.05, 3.63) is 132 Å². The SMILES string of the molecule is C=C(/C=C(\C=C(/C)c1cccc(F)c1)n1cnc(C2C=CC3=C(CCCC3=O)N2C)c1)c1cccc(F)c1. The quantitative estimate of drug-likeness (QED) is 0.326. The molecular formula is C32H29F2N3O. The number of nitrogens with zero attached hydrogens (tertiary/aromatic N) is 3. The van der Waals surface area contributed by atoms with Gasteiger partial charge >= 0.3 is 0 Å². The van der Waals surface area contributed by atoms with E-state index in [2.05, 4.69) is 11.5 Å². The Morgan fingerprint density at radius 1 is 1.05 bits per heavy atom. The number of rotatable bonds is 6. The van der Waals surface area contributed by atoms with Gasteiger partial charge in [0, 0.05) is 36.6 Å². The Kier molecular flexibility index (Phi) is 7.05. The van der Waals surface area contributed by atoms with Gasteiger partial charge in [-0.1, -0.05) is 43.0 Å². The fourth-order valence-electron chi connectivity index (χ4n) is 5.00. The highest BCUT2D eigenvalue weighted by Gasteiger charge is 2.29. The molecule has 192 valence electrons. The van der Waals surface area contributed by atoms with E-state index in [0.717, 1.165) is 46.6 Å². The van der Waals surface area contributed by atoms with Crippen LogP contribution in [0.15, 0.2) is 103 Å². The first kappa shape index (κ1) is 25.3. The summed E-state index contributed by atoms with van der Waals surface area (Å²) in [7, 11) is 2.00. The molecule has 0 radical (unpaired) electrons. The van der Waals surface area contributed by atoms with E-state index in [4.69, 9.17) is 4.98 Å². The minimum Gasteiger partial charge on any atom is -0.365 e. The van der Waals surface area contributed by atoms with Crippen LogP contribution in [0, 0.1) is 11.6 Å². The normalized spacial score (nSPS) is 18.2. The molecule has 5 rings (SSSR count). The number of imidazole rings is 1. The molecule has 2 heterocycles. The molecule has 1 unspecified atom stereocenters. The van der Waals surface area contributed by atoms with Gasteiger partial charge in [-0.2, -0.15) is 0 Å².